The van der Waals surface area contributed by atoms with Crippen LogP contribution in [0.15, 0.2) is 6.20 Å². The summed E-state index contributed by atoms with van der Waals surface area (Å²) in [7, 11) is 1.98. The van der Waals surface area contributed by atoms with Crippen molar-refractivity contribution in [2.75, 3.05) is 18.5 Å². The van der Waals surface area contributed by atoms with Gasteiger partial charge >= 0.3 is 0 Å². The summed E-state index contributed by atoms with van der Waals surface area (Å²) in [6, 6.07) is 0.885. The normalized spacial score (nSPS) is 13.4. The predicted octanol–water partition coefficient (Wildman–Crippen LogP) is 3.29. The maximum Gasteiger partial charge on any atom is 0.185 e. The molecule has 0 bridgehead atoms. The van der Waals surface area contributed by atoms with Gasteiger partial charge in [-0.15, -0.1) is 11.3 Å². The van der Waals surface area contributed by atoms with Crippen LogP contribution < -0.4 is 10.2 Å². The Morgan fingerprint density at radius 2 is 1.94 bits per heavy atom. The molecule has 0 saturated heterocycles. The maximum atomic E-state index is 4.56. The highest BCUT2D eigenvalue weighted by molar-refractivity contribution is 7.15. The molecule has 0 amide bonds. The number of hydrogen-bond acceptors (Lipinski definition) is 4. The highest BCUT2D eigenvalue weighted by Crippen LogP contribution is 2.28. The number of hydrogen-bond donors (Lipinski definition) is 1. The molecule has 0 aliphatic carbocycles. The van der Waals surface area contributed by atoms with Crippen LogP contribution in [0.1, 0.15) is 45.5 Å². The molecule has 0 spiro atoms. The molecular formula is C13H25N3S. The standard InChI is InChI=1S/C13H25N3S/c1-9(2)8-16(10(3)4)13-15-7-12(17-13)11(5)14-6/h7,9-11,14H,8H2,1-6H3. The van der Waals surface area contributed by atoms with Crippen LogP contribution >= 0.6 is 11.3 Å². The van der Waals surface area contributed by atoms with Gasteiger partial charge in [0.05, 0.1) is 0 Å². The van der Waals surface area contributed by atoms with Crippen LogP contribution in [-0.2, 0) is 0 Å². The Balaban J connectivity index is 2.84. The third-order valence-electron chi connectivity index (χ3n) is 2.80. The summed E-state index contributed by atoms with van der Waals surface area (Å²) in [5.41, 5.74) is 0. The monoisotopic (exact) mass is 255 g/mol. The summed E-state index contributed by atoms with van der Waals surface area (Å²) < 4.78 is 0. The lowest BCUT2D eigenvalue weighted by Gasteiger charge is -2.27. The third-order valence-corrected chi connectivity index (χ3v) is 4.02. The summed E-state index contributed by atoms with van der Waals surface area (Å²) in [6.07, 6.45) is 2.00. The van der Waals surface area contributed by atoms with Gasteiger partial charge in [0.25, 0.3) is 0 Å². The minimum absolute atomic E-state index is 0.384. The van der Waals surface area contributed by atoms with Crippen molar-refractivity contribution in [3.8, 4) is 0 Å². The lowest BCUT2D eigenvalue weighted by molar-refractivity contribution is 0.570. The lowest BCUT2D eigenvalue weighted by Crippen LogP contribution is -2.33. The van der Waals surface area contributed by atoms with E-state index in [1.807, 2.05) is 13.2 Å². The van der Waals surface area contributed by atoms with E-state index in [0.717, 1.165) is 11.7 Å². The Labute approximate surface area is 109 Å². The topological polar surface area (TPSA) is 28.2 Å². The summed E-state index contributed by atoms with van der Waals surface area (Å²) in [4.78, 5) is 8.26. The molecule has 1 aromatic rings. The average molecular weight is 255 g/mol. The Hall–Kier alpha value is -0.610. The summed E-state index contributed by atoms with van der Waals surface area (Å²) >= 11 is 1.80. The first-order valence-corrected chi connectivity index (χ1v) is 7.17. The van der Waals surface area contributed by atoms with Gasteiger partial charge in [-0.2, -0.15) is 0 Å². The number of anilines is 1. The molecule has 1 aromatic heterocycles. The molecule has 1 atom stereocenters. The molecule has 17 heavy (non-hydrogen) atoms. The van der Waals surface area contributed by atoms with Crippen LogP contribution in [0, 0.1) is 5.92 Å². The summed E-state index contributed by atoms with van der Waals surface area (Å²) in [5, 5.41) is 4.40. The van der Waals surface area contributed by atoms with Crippen molar-refractivity contribution in [2.24, 2.45) is 5.92 Å². The van der Waals surface area contributed by atoms with E-state index in [0.29, 0.717) is 18.0 Å². The second-order valence-electron chi connectivity index (χ2n) is 5.20. The lowest BCUT2D eigenvalue weighted by atomic mass is 10.2. The van der Waals surface area contributed by atoms with Gasteiger partial charge in [-0.1, -0.05) is 13.8 Å². The first-order valence-electron chi connectivity index (χ1n) is 6.35. The van der Waals surface area contributed by atoms with Crippen LogP contribution in [0.5, 0.6) is 0 Å². The Morgan fingerprint density at radius 1 is 1.29 bits per heavy atom. The largest absolute Gasteiger partial charge is 0.345 e. The van der Waals surface area contributed by atoms with E-state index in [1.165, 1.54) is 4.88 Å². The first-order chi connectivity index (χ1) is 7.95. The van der Waals surface area contributed by atoms with Crippen molar-refractivity contribution < 1.29 is 0 Å². The molecule has 0 saturated carbocycles. The van der Waals surface area contributed by atoms with Crippen molar-refractivity contribution in [3.05, 3.63) is 11.1 Å². The average Bonchev–Trinajstić information content (AvgIpc) is 2.73. The number of rotatable bonds is 6. The van der Waals surface area contributed by atoms with E-state index in [4.69, 9.17) is 0 Å². The minimum atomic E-state index is 0.384. The van der Waals surface area contributed by atoms with E-state index in [1.54, 1.807) is 11.3 Å². The smallest absolute Gasteiger partial charge is 0.185 e. The van der Waals surface area contributed by atoms with Gasteiger partial charge in [-0.25, -0.2) is 4.98 Å². The Bertz CT molecular complexity index is 333. The Kier molecular flexibility index (Phi) is 5.40. The summed E-state index contributed by atoms with van der Waals surface area (Å²) in [5.74, 6) is 0.659. The van der Waals surface area contributed by atoms with Crippen LogP contribution in [0.2, 0.25) is 0 Å². The highest BCUT2D eigenvalue weighted by atomic mass is 32.1. The highest BCUT2D eigenvalue weighted by Gasteiger charge is 2.17. The molecule has 0 fully saturated rings. The number of nitrogens with one attached hydrogen (secondary N) is 1. The van der Waals surface area contributed by atoms with E-state index in [2.05, 4.69) is 49.8 Å². The molecule has 0 aromatic carbocycles. The fourth-order valence-corrected chi connectivity index (χ4v) is 2.77. The number of thiazole rings is 1. The van der Waals surface area contributed by atoms with E-state index >= 15 is 0 Å². The van der Waals surface area contributed by atoms with Gasteiger partial charge in [0.2, 0.25) is 0 Å². The van der Waals surface area contributed by atoms with Crippen molar-refractivity contribution in [1.29, 1.82) is 0 Å². The molecule has 0 radical (unpaired) electrons. The molecule has 1 unspecified atom stereocenters. The van der Waals surface area contributed by atoms with Gasteiger partial charge < -0.3 is 10.2 Å². The zero-order valence-corrected chi connectivity index (χ0v) is 12.6. The maximum absolute atomic E-state index is 4.56. The third kappa shape index (κ3) is 3.96. The molecule has 1 N–H and O–H groups in total. The second kappa shape index (κ2) is 6.36. The van der Waals surface area contributed by atoms with E-state index in [-0.39, 0.29) is 0 Å². The van der Waals surface area contributed by atoms with Crippen molar-refractivity contribution in [2.45, 2.75) is 46.7 Å². The molecular weight excluding hydrogens is 230 g/mol. The van der Waals surface area contributed by atoms with E-state index < -0.39 is 0 Å². The van der Waals surface area contributed by atoms with E-state index in [9.17, 15) is 0 Å². The quantitative estimate of drug-likeness (QED) is 0.845. The van der Waals surface area contributed by atoms with Gasteiger partial charge in [-0.3, -0.25) is 0 Å². The van der Waals surface area contributed by atoms with Crippen LogP contribution in [0.4, 0.5) is 5.13 Å². The first kappa shape index (κ1) is 14.5. The number of nitrogens with zero attached hydrogens (tertiary/aromatic N) is 2. The van der Waals surface area contributed by atoms with Gasteiger partial charge in [0.1, 0.15) is 0 Å². The molecule has 0 aliphatic heterocycles. The minimum Gasteiger partial charge on any atom is -0.345 e. The van der Waals surface area contributed by atoms with Gasteiger partial charge in [0, 0.05) is 29.7 Å². The predicted molar refractivity (Wildman–Crippen MR) is 76.9 cm³/mol. The number of aromatic nitrogens is 1. The zero-order valence-electron chi connectivity index (χ0n) is 11.8. The SMILES string of the molecule is CNC(C)c1cnc(N(CC(C)C)C(C)C)s1. The van der Waals surface area contributed by atoms with Gasteiger partial charge in [0.15, 0.2) is 5.13 Å². The van der Waals surface area contributed by atoms with Crippen LogP contribution in [0.3, 0.4) is 0 Å². The zero-order chi connectivity index (χ0) is 13.0. The van der Waals surface area contributed by atoms with Gasteiger partial charge in [-0.05, 0) is 33.7 Å². The van der Waals surface area contributed by atoms with Crippen molar-refractivity contribution >= 4 is 16.5 Å². The molecule has 1 heterocycles. The molecule has 3 nitrogen and oxygen atoms in total. The van der Waals surface area contributed by atoms with Crippen molar-refractivity contribution in [1.82, 2.24) is 10.3 Å². The van der Waals surface area contributed by atoms with Crippen molar-refractivity contribution in [3.63, 3.8) is 0 Å². The second-order valence-corrected chi connectivity index (χ2v) is 6.24. The van der Waals surface area contributed by atoms with Crippen LogP contribution in [0.25, 0.3) is 0 Å². The van der Waals surface area contributed by atoms with Crippen LogP contribution in [-0.4, -0.2) is 24.6 Å². The summed E-state index contributed by atoms with van der Waals surface area (Å²) in [6.45, 7) is 12.2. The Morgan fingerprint density at radius 3 is 2.41 bits per heavy atom. The fourth-order valence-electron chi connectivity index (χ4n) is 1.66. The molecule has 1 rings (SSSR count). The fraction of sp³-hybridized carbons (Fsp3) is 0.769. The molecule has 98 valence electrons. The molecule has 4 heteroatoms. The molecule has 0 aliphatic rings.